The molecule has 1 aliphatic rings. The summed E-state index contributed by atoms with van der Waals surface area (Å²) < 4.78 is 20.7. The van der Waals surface area contributed by atoms with Crippen molar-refractivity contribution in [2.45, 2.75) is 52.3 Å². The van der Waals surface area contributed by atoms with Crippen LogP contribution in [0, 0.1) is 18.3 Å². The lowest BCUT2D eigenvalue weighted by Crippen LogP contribution is -2.57. The normalized spacial score (nSPS) is 31.7. The van der Waals surface area contributed by atoms with Gasteiger partial charge >= 0.3 is 17.9 Å². The molecule has 7 heteroatoms. The molecule has 1 heterocycles. The highest BCUT2D eigenvalue weighted by Crippen LogP contribution is 2.31. The van der Waals surface area contributed by atoms with Crippen LogP contribution in [-0.4, -0.2) is 42.5 Å². The van der Waals surface area contributed by atoms with E-state index in [2.05, 4.69) is 5.92 Å². The lowest BCUT2D eigenvalue weighted by atomic mass is 9.90. The third-order valence-corrected chi connectivity index (χ3v) is 2.92. The molecule has 5 unspecified atom stereocenters. The first-order valence-electron chi connectivity index (χ1n) is 6.39. The topological polar surface area (TPSA) is 88.1 Å². The molecular formula is C14H18O7. The number of terminal acetylenes is 1. The number of hydrogen-bond acceptors (Lipinski definition) is 7. The summed E-state index contributed by atoms with van der Waals surface area (Å²) in [6.45, 7) is 5.28. The molecule has 116 valence electrons. The van der Waals surface area contributed by atoms with Crippen LogP contribution in [0.4, 0.5) is 0 Å². The second kappa shape index (κ2) is 7.09. The van der Waals surface area contributed by atoms with Gasteiger partial charge in [0.2, 0.25) is 12.4 Å². The monoisotopic (exact) mass is 298 g/mol. The highest BCUT2D eigenvalue weighted by Gasteiger charge is 2.49. The quantitative estimate of drug-likeness (QED) is 0.423. The minimum atomic E-state index is -1.23. The van der Waals surface area contributed by atoms with Gasteiger partial charge in [0.25, 0.3) is 0 Å². The maximum absolute atomic E-state index is 11.2. The Balaban J connectivity index is 3.09. The number of esters is 3. The summed E-state index contributed by atoms with van der Waals surface area (Å²) in [6.07, 6.45) is 1.45. The average molecular weight is 298 g/mol. The van der Waals surface area contributed by atoms with Crippen LogP contribution in [0.3, 0.4) is 0 Å². The lowest BCUT2D eigenvalue weighted by molar-refractivity contribution is -0.272. The molecule has 1 fully saturated rings. The molecule has 0 aromatic heterocycles. The van der Waals surface area contributed by atoms with Crippen LogP contribution in [0.2, 0.25) is 0 Å². The number of ether oxygens (including phenoxy) is 4. The van der Waals surface area contributed by atoms with Crippen LogP contribution >= 0.6 is 0 Å². The van der Waals surface area contributed by atoms with Gasteiger partial charge in [0.05, 0.1) is 0 Å². The van der Waals surface area contributed by atoms with E-state index >= 15 is 0 Å². The van der Waals surface area contributed by atoms with Gasteiger partial charge in [-0.15, -0.1) is 6.42 Å². The molecule has 21 heavy (non-hydrogen) atoms. The zero-order chi connectivity index (χ0) is 16.2. The van der Waals surface area contributed by atoms with E-state index in [4.69, 9.17) is 25.4 Å². The molecular weight excluding hydrogens is 280 g/mol. The van der Waals surface area contributed by atoms with Crippen molar-refractivity contribution >= 4 is 17.9 Å². The number of carbonyl (C=O) groups excluding carboxylic acids is 3. The fourth-order valence-electron chi connectivity index (χ4n) is 2.10. The maximum Gasteiger partial charge on any atom is 0.305 e. The predicted octanol–water partition coefficient (Wildman–Crippen LogP) is 0.407. The molecule has 0 aromatic carbocycles. The minimum absolute atomic E-state index is 0.435. The zero-order valence-corrected chi connectivity index (χ0v) is 12.3. The van der Waals surface area contributed by atoms with Gasteiger partial charge in [-0.3, -0.25) is 14.4 Å². The number of hydrogen-bond donors (Lipinski definition) is 0. The number of rotatable bonds is 3. The molecule has 0 spiro atoms. The van der Waals surface area contributed by atoms with Gasteiger partial charge in [-0.05, 0) is 0 Å². The van der Waals surface area contributed by atoms with Crippen molar-refractivity contribution in [3.63, 3.8) is 0 Å². The molecule has 0 aliphatic carbocycles. The summed E-state index contributed by atoms with van der Waals surface area (Å²) in [5, 5.41) is 0. The van der Waals surface area contributed by atoms with Crippen molar-refractivity contribution in [3.8, 4) is 12.3 Å². The van der Waals surface area contributed by atoms with Crippen molar-refractivity contribution in [1.82, 2.24) is 0 Å². The summed E-state index contributed by atoms with van der Waals surface area (Å²) in [4.78, 5) is 33.6. The van der Waals surface area contributed by atoms with E-state index in [1.807, 2.05) is 0 Å². The third-order valence-electron chi connectivity index (χ3n) is 2.92. The first-order chi connectivity index (χ1) is 9.76. The van der Waals surface area contributed by atoms with Gasteiger partial charge in [-0.1, -0.05) is 12.8 Å². The van der Waals surface area contributed by atoms with Crippen molar-refractivity contribution < 1.29 is 33.3 Å². The van der Waals surface area contributed by atoms with E-state index in [9.17, 15) is 14.4 Å². The second-order valence-electron chi connectivity index (χ2n) is 4.71. The van der Waals surface area contributed by atoms with E-state index in [1.165, 1.54) is 20.8 Å². The van der Waals surface area contributed by atoms with E-state index in [1.54, 1.807) is 6.92 Å². The van der Waals surface area contributed by atoms with Crippen molar-refractivity contribution in [1.29, 1.82) is 0 Å². The molecule has 1 aliphatic heterocycles. The van der Waals surface area contributed by atoms with Crippen molar-refractivity contribution in [3.05, 3.63) is 0 Å². The lowest BCUT2D eigenvalue weighted by Gasteiger charge is -2.41. The summed E-state index contributed by atoms with van der Waals surface area (Å²) >= 11 is 0. The maximum atomic E-state index is 11.2. The Morgan fingerprint density at radius 3 is 1.86 bits per heavy atom. The van der Waals surface area contributed by atoms with Crippen LogP contribution in [-0.2, 0) is 33.3 Å². The fourth-order valence-corrected chi connectivity index (χ4v) is 2.10. The summed E-state index contributed by atoms with van der Waals surface area (Å²) in [5.41, 5.74) is 0. The number of carbonyl (C=O) groups is 3. The summed E-state index contributed by atoms with van der Waals surface area (Å²) in [5.74, 6) is 0.131. The standard InChI is InChI=1S/C14H18O7/c1-6-11-7(2)12(18-8(3)15)13(19-9(4)16)14(21-11)20-10(5)17/h1,7,11-14H,2-5H3. The van der Waals surface area contributed by atoms with Gasteiger partial charge < -0.3 is 18.9 Å². The molecule has 0 saturated carbocycles. The molecule has 0 radical (unpaired) electrons. The van der Waals surface area contributed by atoms with Gasteiger partial charge in [0.1, 0.15) is 6.10 Å². The molecule has 0 bridgehead atoms. The van der Waals surface area contributed by atoms with Crippen LogP contribution < -0.4 is 0 Å². The van der Waals surface area contributed by atoms with Crippen LogP contribution in [0.1, 0.15) is 27.7 Å². The first-order valence-corrected chi connectivity index (χ1v) is 6.39. The Morgan fingerprint density at radius 2 is 1.43 bits per heavy atom. The van der Waals surface area contributed by atoms with E-state index in [-0.39, 0.29) is 0 Å². The van der Waals surface area contributed by atoms with E-state index in [0.717, 1.165) is 0 Å². The third kappa shape index (κ3) is 4.46. The average Bonchev–Trinajstić information content (AvgIpc) is 2.35. The van der Waals surface area contributed by atoms with Gasteiger partial charge in [0.15, 0.2) is 6.10 Å². The van der Waals surface area contributed by atoms with Crippen molar-refractivity contribution in [2.24, 2.45) is 5.92 Å². The van der Waals surface area contributed by atoms with Gasteiger partial charge in [-0.2, -0.15) is 0 Å². The molecule has 0 N–H and O–H groups in total. The van der Waals surface area contributed by atoms with Crippen LogP contribution in [0.15, 0.2) is 0 Å². The van der Waals surface area contributed by atoms with Crippen LogP contribution in [0.5, 0.6) is 0 Å². The highest BCUT2D eigenvalue weighted by molar-refractivity contribution is 5.68. The molecule has 7 nitrogen and oxygen atoms in total. The largest absolute Gasteiger partial charge is 0.458 e. The Labute approximate surface area is 122 Å². The Morgan fingerprint density at radius 1 is 0.952 bits per heavy atom. The van der Waals surface area contributed by atoms with Gasteiger partial charge in [-0.25, -0.2) is 0 Å². The Kier molecular flexibility index (Phi) is 5.73. The van der Waals surface area contributed by atoms with E-state index < -0.39 is 48.4 Å². The fraction of sp³-hybridized carbons (Fsp3) is 0.643. The SMILES string of the molecule is C#CC1OC(OC(C)=O)C(OC(C)=O)C(OC(C)=O)C1C. The Bertz CT molecular complexity index is 464. The molecule has 1 rings (SSSR count). The zero-order valence-electron chi connectivity index (χ0n) is 12.3. The van der Waals surface area contributed by atoms with E-state index in [0.29, 0.717) is 0 Å². The van der Waals surface area contributed by atoms with Crippen molar-refractivity contribution in [2.75, 3.05) is 0 Å². The highest BCUT2D eigenvalue weighted by atomic mass is 16.7. The molecule has 0 amide bonds. The summed E-state index contributed by atoms with van der Waals surface area (Å²) in [7, 11) is 0. The predicted molar refractivity (Wildman–Crippen MR) is 69.5 cm³/mol. The molecule has 0 aromatic rings. The molecule has 1 saturated heterocycles. The minimum Gasteiger partial charge on any atom is -0.458 e. The smallest absolute Gasteiger partial charge is 0.305 e. The molecule has 5 atom stereocenters. The second-order valence-corrected chi connectivity index (χ2v) is 4.71. The summed E-state index contributed by atoms with van der Waals surface area (Å²) in [6, 6.07) is 0. The Hall–Kier alpha value is -2.07. The first kappa shape index (κ1) is 17.0. The van der Waals surface area contributed by atoms with Crippen LogP contribution in [0.25, 0.3) is 0 Å². The van der Waals surface area contributed by atoms with Gasteiger partial charge in [0, 0.05) is 26.7 Å².